The number of hydrogen-bond acceptors (Lipinski definition) is 5. The first-order valence-corrected chi connectivity index (χ1v) is 9.32. The molecule has 0 amide bonds. The van der Waals surface area contributed by atoms with E-state index in [4.69, 9.17) is 5.11 Å². The average molecular weight is 321 g/mol. The average Bonchev–Trinajstić information content (AvgIpc) is 2.95. The lowest BCUT2D eigenvalue weighted by Gasteiger charge is -2.11. The van der Waals surface area contributed by atoms with Gasteiger partial charge in [0.05, 0.1) is 0 Å². The van der Waals surface area contributed by atoms with Gasteiger partial charge in [0.1, 0.15) is 9.77 Å². The normalized spacial score (nSPS) is 19.7. The van der Waals surface area contributed by atoms with E-state index < -0.39 is 16.0 Å². The van der Waals surface area contributed by atoms with Crippen LogP contribution in [-0.2, 0) is 10.0 Å². The monoisotopic (exact) mass is 321 g/mol. The highest BCUT2D eigenvalue weighted by atomic mass is 32.2. The smallest absolute Gasteiger partial charge is 0.347 e. The number of thioether (sulfide) groups is 1. The standard InChI is InChI=1S/C11H15NO4S3/c1-7-5-18-9(11(13)14)10(7)19(15,16)12-4-8-2-3-17-6-8/h5,8,12H,2-4,6H2,1H3,(H,13,14). The molecular weight excluding hydrogens is 306 g/mol. The third-order valence-corrected chi connectivity index (χ3v) is 7.02. The minimum absolute atomic E-state index is 0.0874. The van der Waals surface area contributed by atoms with E-state index in [-0.39, 0.29) is 9.77 Å². The van der Waals surface area contributed by atoms with E-state index in [0.717, 1.165) is 29.3 Å². The SMILES string of the molecule is Cc1csc(C(=O)O)c1S(=O)(=O)NCC1CCSC1. The molecule has 1 unspecified atom stereocenters. The van der Waals surface area contributed by atoms with Gasteiger partial charge in [-0.2, -0.15) is 11.8 Å². The largest absolute Gasteiger partial charge is 0.477 e. The van der Waals surface area contributed by atoms with Crippen molar-refractivity contribution in [3.8, 4) is 0 Å². The van der Waals surface area contributed by atoms with Gasteiger partial charge in [0.15, 0.2) is 0 Å². The maximum atomic E-state index is 12.2. The molecule has 1 aromatic rings. The number of carboxylic acid groups (broad SMARTS) is 1. The Morgan fingerprint density at radius 3 is 2.89 bits per heavy atom. The predicted octanol–water partition coefficient (Wildman–Crippen LogP) is 1.79. The van der Waals surface area contributed by atoms with Crippen molar-refractivity contribution >= 4 is 39.1 Å². The van der Waals surface area contributed by atoms with Crippen LogP contribution in [0.15, 0.2) is 10.3 Å². The van der Waals surface area contributed by atoms with E-state index in [1.807, 2.05) is 11.8 Å². The zero-order valence-corrected chi connectivity index (χ0v) is 12.8. The Hall–Kier alpha value is -0.570. The van der Waals surface area contributed by atoms with Crippen molar-refractivity contribution in [3.63, 3.8) is 0 Å². The molecule has 5 nitrogen and oxygen atoms in total. The lowest BCUT2D eigenvalue weighted by Crippen LogP contribution is -2.30. The fourth-order valence-electron chi connectivity index (χ4n) is 1.96. The Morgan fingerprint density at radius 1 is 1.58 bits per heavy atom. The van der Waals surface area contributed by atoms with E-state index in [0.29, 0.717) is 18.0 Å². The summed E-state index contributed by atoms with van der Waals surface area (Å²) in [7, 11) is -3.74. The van der Waals surface area contributed by atoms with Crippen LogP contribution in [0.5, 0.6) is 0 Å². The van der Waals surface area contributed by atoms with Gasteiger partial charge in [-0.3, -0.25) is 0 Å². The molecule has 1 saturated heterocycles. The second-order valence-electron chi connectivity index (χ2n) is 4.46. The maximum Gasteiger partial charge on any atom is 0.347 e. The lowest BCUT2D eigenvalue weighted by molar-refractivity contribution is 0.0698. The van der Waals surface area contributed by atoms with Crippen LogP contribution in [0.2, 0.25) is 0 Å². The molecule has 0 bridgehead atoms. The maximum absolute atomic E-state index is 12.2. The summed E-state index contributed by atoms with van der Waals surface area (Å²) in [6.45, 7) is 1.99. The summed E-state index contributed by atoms with van der Waals surface area (Å²) >= 11 is 2.76. The number of carboxylic acids is 1. The van der Waals surface area contributed by atoms with Crippen molar-refractivity contribution in [1.82, 2.24) is 4.72 Å². The molecule has 106 valence electrons. The number of carbonyl (C=O) groups is 1. The third kappa shape index (κ3) is 3.31. The second kappa shape index (κ2) is 5.82. The van der Waals surface area contributed by atoms with Gasteiger partial charge >= 0.3 is 5.97 Å². The highest BCUT2D eigenvalue weighted by molar-refractivity contribution is 7.99. The summed E-state index contributed by atoms with van der Waals surface area (Å²) in [6.07, 6.45) is 1.00. The van der Waals surface area contributed by atoms with Crippen molar-refractivity contribution in [3.05, 3.63) is 15.8 Å². The highest BCUT2D eigenvalue weighted by Crippen LogP contribution is 2.28. The minimum atomic E-state index is -3.74. The van der Waals surface area contributed by atoms with Crippen LogP contribution < -0.4 is 4.72 Å². The molecule has 2 N–H and O–H groups in total. The van der Waals surface area contributed by atoms with Crippen LogP contribution in [0, 0.1) is 12.8 Å². The first kappa shape index (κ1) is 14.8. The molecule has 1 aromatic heterocycles. The molecule has 0 aromatic carbocycles. The fourth-order valence-corrected chi connectivity index (χ4v) is 5.99. The molecule has 0 aliphatic carbocycles. The molecule has 8 heteroatoms. The number of aryl methyl sites for hydroxylation is 1. The first-order chi connectivity index (χ1) is 8.92. The topological polar surface area (TPSA) is 83.5 Å². The molecule has 1 aliphatic heterocycles. The van der Waals surface area contributed by atoms with Gasteiger partial charge in [-0.15, -0.1) is 11.3 Å². The van der Waals surface area contributed by atoms with Crippen LogP contribution in [0.4, 0.5) is 0 Å². The molecular formula is C11H15NO4S3. The number of sulfonamides is 1. The summed E-state index contributed by atoms with van der Waals surface area (Å²) in [5.41, 5.74) is 0.482. The van der Waals surface area contributed by atoms with Gasteiger partial charge in [0.25, 0.3) is 0 Å². The molecule has 19 heavy (non-hydrogen) atoms. The van der Waals surface area contributed by atoms with Crippen molar-refractivity contribution in [1.29, 1.82) is 0 Å². The minimum Gasteiger partial charge on any atom is -0.477 e. The van der Waals surface area contributed by atoms with Crippen LogP contribution in [-0.4, -0.2) is 37.5 Å². The highest BCUT2D eigenvalue weighted by Gasteiger charge is 2.27. The molecule has 1 aliphatic rings. The van der Waals surface area contributed by atoms with Gasteiger partial charge in [0, 0.05) is 6.54 Å². The zero-order valence-electron chi connectivity index (χ0n) is 10.4. The van der Waals surface area contributed by atoms with E-state index in [2.05, 4.69) is 4.72 Å². The Kier molecular flexibility index (Phi) is 4.54. The summed E-state index contributed by atoms with van der Waals surface area (Å²) in [5, 5.41) is 10.6. The van der Waals surface area contributed by atoms with E-state index in [1.165, 1.54) is 0 Å². The van der Waals surface area contributed by atoms with E-state index in [1.54, 1.807) is 12.3 Å². The quantitative estimate of drug-likeness (QED) is 0.864. The molecule has 0 radical (unpaired) electrons. The number of rotatable bonds is 5. The fraction of sp³-hybridized carbons (Fsp3) is 0.545. The van der Waals surface area contributed by atoms with Crippen LogP contribution >= 0.6 is 23.1 Å². The zero-order chi connectivity index (χ0) is 14.0. The summed E-state index contributed by atoms with van der Waals surface area (Å²) < 4.78 is 27.0. The van der Waals surface area contributed by atoms with Crippen LogP contribution in [0.1, 0.15) is 21.7 Å². The molecule has 1 atom stereocenters. The molecule has 1 fully saturated rings. The molecule has 2 rings (SSSR count). The van der Waals surface area contributed by atoms with Crippen molar-refractivity contribution in [2.45, 2.75) is 18.2 Å². The Bertz CT molecular complexity index is 573. The van der Waals surface area contributed by atoms with E-state index >= 15 is 0 Å². The van der Waals surface area contributed by atoms with Gasteiger partial charge < -0.3 is 5.11 Å². The first-order valence-electron chi connectivity index (χ1n) is 5.80. The van der Waals surface area contributed by atoms with Crippen molar-refractivity contribution in [2.75, 3.05) is 18.1 Å². The van der Waals surface area contributed by atoms with Crippen molar-refractivity contribution < 1.29 is 18.3 Å². The Balaban J connectivity index is 2.19. The van der Waals surface area contributed by atoms with Gasteiger partial charge in [-0.25, -0.2) is 17.9 Å². The predicted molar refractivity (Wildman–Crippen MR) is 76.6 cm³/mol. The van der Waals surface area contributed by atoms with Gasteiger partial charge in [0.2, 0.25) is 10.0 Å². The number of hydrogen-bond donors (Lipinski definition) is 2. The van der Waals surface area contributed by atoms with Gasteiger partial charge in [-0.1, -0.05) is 0 Å². The summed E-state index contributed by atoms with van der Waals surface area (Å²) in [4.78, 5) is 10.9. The van der Waals surface area contributed by atoms with Crippen LogP contribution in [0.25, 0.3) is 0 Å². The molecule has 0 spiro atoms. The Morgan fingerprint density at radius 2 is 2.32 bits per heavy atom. The summed E-state index contributed by atoms with van der Waals surface area (Å²) in [5.74, 6) is 1.16. The summed E-state index contributed by atoms with van der Waals surface area (Å²) in [6, 6.07) is 0. The molecule has 0 saturated carbocycles. The number of aromatic carboxylic acids is 1. The van der Waals surface area contributed by atoms with Gasteiger partial charge in [-0.05, 0) is 41.7 Å². The Labute approximate surface area is 120 Å². The third-order valence-electron chi connectivity index (χ3n) is 2.97. The molecule has 2 heterocycles. The van der Waals surface area contributed by atoms with Crippen molar-refractivity contribution in [2.24, 2.45) is 5.92 Å². The van der Waals surface area contributed by atoms with Crippen LogP contribution in [0.3, 0.4) is 0 Å². The second-order valence-corrected chi connectivity index (χ2v) is 8.20. The number of nitrogens with one attached hydrogen (secondary N) is 1. The number of thiophene rings is 1. The lowest BCUT2D eigenvalue weighted by atomic mass is 10.1. The van der Waals surface area contributed by atoms with E-state index in [9.17, 15) is 13.2 Å².